The molecule has 1 N–H and O–H groups in total. The molecule has 2 aromatic heterocycles. The predicted molar refractivity (Wildman–Crippen MR) is 75.8 cm³/mol. The number of nitrogens with one attached hydrogen (secondary N) is 1. The highest BCUT2D eigenvalue weighted by atomic mass is 16.2. The van der Waals surface area contributed by atoms with Crippen molar-refractivity contribution in [2.75, 3.05) is 13.6 Å². The lowest BCUT2D eigenvalue weighted by Crippen LogP contribution is -2.50. The molecule has 1 fully saturated rings. The molecule has 110 valence electrons. The highest BCUT2D eigenvalue weighted by Crippen LogP contribution is 2.12. The van der Waals surface area contributed by atoms with E-state index in [9.17, 15) is 9.59 Å². The fourth-order valence-electron chi connectivity index (χ4n) is 2.55. The first-order valence-electron chi connectivity index (χ1n) is 6.93. The molecule has 0 bridgehead atoms. The number of carbonyl (C=O) groups is 2. The number of amides is 2. The molecule has 3 heterocycles. The van der Waals surface area contributed by atoms with E-state index in [0.717, 1.165) is 13.0 Å². The summed E-state index contributed by atoms with van der Waals surface area (Å²) in [6.45, 7) is 2.57. The normalized spacial score (nSPS) is 19.0. The lowest BCUT2D eigenvalue weighted by Gasteiger charge is -2.29. The average molecular weight is 287 g/mol. The molecule has 0 radical (unpaired) electrons. The molecule has 0 saturated carbocycles. The lowest BCUT2D eigenvalue weighted by atomic mass is 10.0. The van der Waals surface area contributed by atoms with Crippen LogP contribution < -0.4 is 5.32 Å². The van der Waals surface area contributed by atoms with Gasteiger partial charge in [-0.3, -0.25) is 14.0 Å². The van der Waals surface area contributed by atoms with Crippen LogP contribution in [0, 0.1) is 6.92 Å². The Hall–Kier alpha value is -2.44. The van der Waals surface area contributed by atoms with Crippen molar-refractivity contribution in [3.05, 3.63) is 29.7 Å². The minimum Gasteiger partial charge on any atom is -0.344 e. The Morgan fingerprint density at radius 1 is 1.38 bits per heavy atom. The second kappa shape index (κ2) is 5.16. The molecular formula is C14H17N5O2. The van der Waals surface area contributed by atoms with Crippen molar-refractivity contribution in [2.45, 2.75) is 25.8 Å². The molecule has 1 atom stereocenters. The Morgan fingerprint density at radius 3 is 3.00 bits per heavy atom. The monoisotopic (exact) mass is 287 g/mol. The van der Waals surface area contributed by atoms with Gasteiger partial charge in [0.1, 0.15) is 11.9 Å². The molecule has 1 unspecified atom stereocenters. The van der Waals surface area contributed by atoms with Crippen LogP contribution in [0.25, 0.3) is 5.65 Å². The summed E-state index contributed by atoms with van der Waals surface area (Å²) in [5.74, 6) is 0.433. The Labute approximate surface area is 122 Å². The minimum atomic E-state index is -0.436. The molecule has 0 spiro atoms. The summed E-state index contributed by atoms with van der Waals surface area (Å²) >= 11 is 0. The van der Waals surface area contributed by atoms with Gasteiger partial charge in [0.05, 0.1) is 5.56 Å². The van der Waals surface area contributed by atoms with Crippen molar-refractivity contribution in [1.29, 1.82) is 0 Å². The number of likely N-dealkylation sites (N-methyl/N-ethyl adjacent to an activating group) is 1. The average Bonchev–Trinajstić information content (AvgIpc) is 2.85. The fraction of sp³-hybridized carbons (Fsp3) is 0.429. The Morgan fingerprint density at radius 2 is 2.19 bits per heavy atom. The van der Waals surface area contributed by atoms with Crippen LogP contribution in [0.4, 0.5) is 0 Å². The third kappa shape index (κ3) is 2.46. The maximum atomic E-state index is 12.3. The van der Waals surface area contributed by atoms with Crippen LogP contribution in [0.2, 0.25) is 0 Å². The molecule has 3 rings (SSSR count). The van der Waals surface area contributed by atoms with E-state index >= 15 is 0 Å². The molecule has 7 nitrogen and oxygen atoms in total. The summed E-state index contributed by atoms with van der Waals surface area (Å²) in [5.41, 5.74) is 1.18. The molecular weight excluding hydrogens is 270 g/mol. The zero-order valence-electron chi connectivity index (χ0n) is 12.0. The summed E-state index contributed by atoms with van der Waals surface area (Å²) in [5, 5.41) is 10.7. The second-order valence-electron chi connectivity index (χ2n) is 5.32. The third-order valence-corrected chi connectivity index (χ3v) is 3.80. The minimum absolute atomic E-state index is 0.0313. The highest BCUT2D eigenvalue weighted by Gasteiger charge is 2.27. The molecule has 7 heteroatoms. The number of likely N-dealkylation sites (tertiary alicyclic amines) is 1. The summed E-state index contributed by atoms with van der Waals surface area (Å²) in [6, 6.07) is 2.99. The predicted octanol–water partition coefficient (Wildman–Crippen LogP) is 0.388. The van der Waals surface area contributed by atoms with Crippen LogP contribution in [0.1, 0.15) is 29.0 Å². The van der Waals surface area contributed by atoms with Crippen molar-refractivity contribution in [1.82, 2.24) is 24.8 Å². The number of fused-ring (bicyclic) bond motifs is 1. The first-order chi connectivity index (χ1) is 10.1. The van der Waals surface area contributed by atoms with Crippen LogP contribution in [-0.4, -0.2) is 50.9 Å². The number of pyridine rings is 1. The smallest absolute Gasteiger partial charge is 0.253 e. The zero-order valence-corrected chi connectivity index (χ0v) is 12.0. The maximum Gasteiger partial charge on any atom is 0.253 e. The van der Waals surface area contributed by atoms with E-state index in [2.05, 4.69) is 15.5 Å². The largest absolute Gasteiger partial charge is 0.344 e. The number of hydrogen-bond donors (Lipinski definition) is 1. The van der Waals surface area contributed by atoms with Gasteiger partial charge in [0.15, 0.2) is 5.65 Å². The number of aromatic nitrogens is 3. The van der Waals surface area contributed by atoms with E-state index in [-0.39, 0.29) is 11.8 Å². The van der Waals surface area contributed by atoms with Gasteiger partial charge in [0.25, 0.3) is 5.91 Å². The number of piperidine rings is 1. The molecule has 1 saturated heterocycles. The molecule has 1 aliphatic rings. The molecule has 2 amide bonds. The number of rotatable bonds is 2. The maximum absolute atomic E-state index is 12.3. The van der Waals surface area contributed by atoms with E-state index in [0.29, 0.717) is 23.5 Å². The summed E-state index contributed by atoms with van der Waals surface area (Å²) in [6.07, 6.45) is 3.27. The fourth-order valence-corrected chi connectivity index (χ4v) is 2.55. The number of nitrogens with zero attached hydrogens (tertiary/aromatic N) is 4. The molecule has 1 aliphatic heterocycles. The molecule has 0 aliphatic carbocycles. The van der Waals surface area contributed by atoms with Crippen molar-refractivity contribution >= 4 is 17.5 Å². The van der Waals surface area contributed by atoms with Gasteiger partial charge in [-0.25, -0.2) is 0 Å². The Balaban J connectivity index is 1.80. The SMILES string of the molecule is Cc1nnc2ccc(C(=O)NC3CCCN(C)C3=O)cn12. The van der Waals surface area contributed by atoms with Gasteiger partial charge in [-0.1, -0.05) is 0 Å². The highest BCUT2D eigenvalue weighted by molar-refractivity contribution is 5.97. The van der Waals surface area contributed by atoms with E-state index < -0.39 is 6.04 Å². The van der Waals surface area contributed by atoms with Gasteiger partial charge in [0, 0.05) is 19.8 Å². The van der Waals surface area contributed by atoms with Crippen LogP contribution in [0.5, 0.6) is 0 Å². The van der Waals surface area contributed by atoms with Crippen LogP contribution in [0.15, 0.2) is 18.3 Å². The summed E-state index contributed by atoms with van der Waals surface area (Å²) < 4.78 is 1.75. The Bertz CT molecular complexity index is 708. The first-order valence-corrected chi connectivity index (χ1v) is 6.93. The lowest BCUT2D eigenvalue weighted by molar-refractivity contribution is -0.134. The number of hydrogen-bond acceptors (Lipinski definition) is 4. The van der Waals surface area contributed by atoms with Crippen molar-refractivity contribution in [3.8, 4) is 0 Å². The zero-order chi connectivity index (χ0) is 15.0. The summed E-state index contributed by atoms with van der Waals surface area (Å²) in [7, 11) is 1.76. The van der Waals surface area contributed by atoms with E-state index in [4.69, 9.17) is 0 Å². The van der Waals surface area contributed by atoms with Gasteiger partial charge >= 0.3 is 0 Å². The third-order valence-electron chi connectivity index (χ3n) is 3.80. The van der Waals surface area contributed by atoms with Gasteiger partial charge in [-0.15, -0.1) is 10.2 Å². The van der Waals surface area contributed by atoms with E-state index in [1.54, 1.807) is 34.7 Å². The van der Waals surface area contributed by atoms with Crippen LogP contribution >= 0.6 is 0 Å². The second-order valence-corrected chi connectivity index (χ2v) is 5.32. The van der Waals surface area contributed by atoms with Gasteiger partial charge in [-0.05, 0) is 31.9 Å². The van der Waals surface area contributed by atoms with Crippen molar-refractivity contribution < 1.29 is 9.59 Å². The molecule has 2 aromatic rings. The quantitative estimate of drug-likeness (QED) is 0.866. The number of aryl methyl sites for hydroxylation is 1. The van der Waals surface area contributed by atoms with E-state index in [1.165, 1.54) is 0 Å². The standard InChI is InChI=1S/C14H17N5O2/c1-9-16-17-12-6-5-10(8-19(9)12)13(20)15-11-4-3-7-18(2)14(11)21/h5-6,8,11H,3-4,7H2,1-2H3,(H,15,20). The Kier molecular flexibility index (Phi) is 3.32. The van der Waals surface area contributed by atoms with Gasteiger partial charge in [0.2, 0.25) is 5.91 Å². The van der Waals surface area contributed by atoms with Crippen molar-refractivity contribution in [2.24, 2.45) is 0 Å². The number of carbonyl (C=O) groups excluding carboxylic acids is 2. The molecule has 21 heavy (non-hydrogen) atoms. The van der Waals surface area contributed by atoms with Crippen LogP contribution in [0.3, 0.4) is 0 Å². The van der Waals surface area contributed by atoms with Gasteiger partial charge in [-0.2, -0.15) is 0 Å². The topological polar surface area (TPSA) is 79.6 Å². The molecule has 0 aromatic carbocycles. The first kappa shape index (κ1) is 13.5. The van der Waals surface area contributed by atoms with Crippen molar-refractivity contribution in [3.63, 3.8) is 0 Å². The van der Waals surface area contributed by atoms with Crippen LogP contribution in [-0.2, 0) is 4.79 Å². The van der Waals surface area contributed by atoms with E-state index in [1.807, 2.05) is 6.92 Å². The van der Waals surface area contributed by atoms with Gasteiger partial charge < -0.3 is 10.2 Å². The summed E-state index contributed by atoms with van der Waals surface area (Å²) in [4.78, 5) is 26.0.